The third kappa shape index (κ3) is 6.56. The van der Waals surface area contributed by atoms with Gasteiger partial charge in [-0.3, -0.25) is 4.79 Å². The van der Waals surface area contributed by atoms with Gasteiger partial charge < -0.3 is 5.73 Å². The highest BCUT2D eigenvalue weighted by molar-refractivity contribution is 5.78. The average Bonchev–Trinajstić information content (AvgIpc) is 2.83. The van der Waals surface area contributed by atoms with E-state index < -0.39 is 0 Å². The van der Waals surface area contributed by atoms with Gasteiger partial charge in [-0.15, -0.1) is 0 Å². The number of hydrogen-bond acceptors (Lipinski definition) is 2. The van der Waals surface area contributed by atoms with E-state index in [9.17, 15) is 4.79 Å². The Labute approximate surface area is 119 Å². The van der Waals surface area contributed by atoms with E-state index in [4.69, 9.17) is 5.73 Å². The molecule has 0 heterocycles. The summed E-state index contributed by atoms with van der Waals surface area (Å²) in [4.78, 5) is 12.0. The first-order valence-electron chi connectivity index (χ1n) is 8.15. The van der Waals surface area contributed by atoms with E-state index in [1.54, 1.807) is 0 Å². The Balaban J connectivity index is 2.23. The number of rotatable bonds is 8. The van der Waals surface area contributed by atoms with E-state index in [1.165, 1.54) is 25.7 Å². The van der Waals surface area contributed by atoms with E-state index in [0.29, 0.717) is 11.7 Å². The molecular weight excluding hydrogens is 234 g/mol. The van der Waals surface area contributed by atoms with Crippen molar-refractivity contribution in [1.82, 2.24) is 0 Å². The van der Waals surface area contributed by atoms with Crippen LogP contribution in [-0.2, 0) is 4.79 Å². The molecule has 0 amide bonds. The standard InChI is InChI=1S/C17H33NO/c1-17(2,3)15(12-13-18)9-11-16(19)10-8-14-6-4-5-7-14/h14-15H,4-13,18H2,1-3H3. The van der Waals surface area contributed by atoms with Gasteiger partial charge in [-0.1, -0.05) is 46.5 Å². The second-order valence-corrected chi connectivity index (χ2v) is 7.41. The third-order valence-electron chi connectivity index (χ3n) is 4.82. The van der Waals surface area contributed by atoms with Gasteiger partial charge in [0, 0.05) is 12.8 Å². The molecule has 0 aliphatic heterocycles. The molecule has 0 aromatic rings. The maximum atomic E-state index is 12.0. The van der Waals surface area contributed by atoms with E-state index in [0.717, 1.165) is 44.6 Å². The fourth-order valence-electron chi connectivity index (χ4n) is 3.34. The molecule has 112 valence electrons. The van der Waals surface area contributed by atoms with Crippen LogP contribution in [-0.4, -0.2) is 12.3 Å². The lowest BCUT2D eigenvalue weighted by Gasteiger charge is -2.30. The second-order valence-electron chi connectivity index (χ2n) is 7.41. The quantitative estimate of drug-likeness (QED) is 0.712. The minimum Gasteiger partial charge on any atom is -0.330 e. The van der Waals surface area contributed by atoms with Crippen molar-refractivity contribution >= 4 is 5.78 Å². The van der Waals surface area contributed by atoms with Crippen molar-refractivity contribution in [3.8, 4) is 0 Å². The summed E-state index contributed by atoms with van der Waals surface area (Å²) in [6.07, 6.45) is 10.2. The van der Waals surface area contributed by atoms with Crippen LogP contribution in [0.5, 0.6) is 0 Å². The van der Waals surface area contributed by atoms with Gasteiger partial charge in [0.25, 0.3) is 0 Å². The zero-order valence-corrected chi connectivity index (χ0v) is 13.2. The summed E-state index contributed by atoms with van der Waals surface area (Å²) >= 11 is 0. The summed E-state index contributed by atoms with van der Waals surface area (Å²) in [5.74, 6) is 1.89. The highest BCUT2D eigenvalue weighted by Gasteiger charge is 2.24. The van der Waals surface area contributed by atoms with Crippen LogP contribution < -0.4 is 5.73 Å². The molecule has 0 saturated heterocycles. The molecule has 19 heavy (non-hydrogen) atoms. The van der Waals surface area contributed by atoms with Gasteiger partial charge in [0.05, 0.1) is 0 Å². The lowest BCUT2D eigenvalue weighted by Crippen LogP contribution is -2.24. The normalized spacial score (nSPS) is 18.7. The van der Waals surface area contributed by atoms with E-state index in [1.807, 2.05) is 0 Å². The van der Waals surface area contributed by atoms with Crippen molar-refractivity contribution in [2.75, 3.05) is 6.54 Å². The molecule has 2 nitrogen and oxygen atoms in total. The van der Waals surface area contributed by atoms with Crippen molar-refractivity contribution in [2.45, 2.75) is 78.6 Å². The highest BCUT2D eigenvalue weighted by Crippen LogP contribution is 2.33. The number of ketones is 1. The largest absolute Gasteiger partial charge is 0.330 e. The summed E-state index contributed by atoms with van der Waals surface area (Å²) in [5, 5.41) is 0. The SMILES string of the molecule is CC(C)(C)C(CCN)CCC(=O)CCC1CCCC1. The van der Waals surface area contributed by atoms with Crippen LogP contribution in [0.25, 0.3) is 0 Å². The average molecular weight is 267 g/mol. The maximum absolute atomic E-state index is 12.0. The van der Waals surface area contributed by atoms with Crippen LogP contribution in [0.4, 0.5) is 0 Å². The van der Waals surface area contributed by atoms with E-state index in [-0.39, 0.29) is 5.41 Å². The van der Waals surface area contributed by atoms with Gasteiger partial charge in [0.15, 0.2) is 0 Å². The molecule has 0 bridgehead atoms. The summed E-state index contributed by atoms with van der Waals surface area (Å²) in [6, 6.07) is 0. The minimum absolute atomic E-state index is 0.269. The predicted molar refractivity (Wildman–Crippen MR) is 82.0 cm³/mol. The van der Waals surface area contributed by atoms with Gasteiger partial charge in [0.1, 0.15) is 5.78 Å². The molecule has 1 aliphatic rings. The molecule has 0 aromatic carbocycles. The van der Waals surface area contributed by atoms with Crippen LogP contribution in [0, 0.1) is 17.3 Å². The van der Waals surface area contributed by atoms with E-state index in [2.05, 4.69) is 20.8 Å². The van der Waals surface area contributed by atoms with E-state index >= 15 is 0 Å². The third-order valence-corrected chi connectivity index (χ3v) is 4.82. The van der Waals surface area contributed by atoms with Crippen molar-refractivity contribution in [3.05, 3.63) is 0 Å². The molecular formula is C17H33NO. The number of nitrogens with two attached hydrogens (primary N) is 1. The lowest BCUT2D eigenvalue weighted by molar-refractivity contribution is -0.119. The predicted octanol–water partition coefficient (Wildman–Crippen LogP) is 4.32. The molecule has 0 radical (unpaired) electrons. The van der Waals surface area contributed by atoms with Crippen molar-refractivity contribution < 1.29 is 4.79 Å². The molecule has 1 unspecified atom stereocenters. The van der Waals surface area contributed by atoms with Crippen molar-refractivity contribution in [2.24, 2.45) is 23.0 Å². The van der Waals surface area contributed by atoms with Crippen LogP contribution in [0.3, 0.4) is 0 Å². The minimum atomic E-state index is 0.269. The first-order valence-corrected chi connectivity index (χ1v) is 8.15. The Morgan fingerprint density at radius 1 is 1.16 bits per heavy atom. The molecule has 1 rings (SSSR count). The topological polar surface area (TPSA) is 43.1 Å². The molecule has 1 fully saturated rings. The van der Waals surface area contributed by atoms with Crippen LogP contribution >= 0.6 is 0 Å². The van der Waals surface area contributed by atoms with Crippen molar-refractivity contribution in [3.63, 3.8) is 0 Å². The number of hydrogen-bond donors (Lipinski definition) is 1. The van der Waals surface area contributed by atoms with Gasteiger partial charge in [-0.2, -0.15) is 0 Å². The van der Waals surface area contributed by atoms with Crippen LogP contribution in [0.2, 0.25) is 0 Å². The highest BCUT2D eigenvalue weighted by atomic mass is 16.1. The van der Waals surface area contributed by atoms with Crippen LogP contribution in [0.1, 0.15) is 78.6 Å². The Kier molecular flexibility index (Phi) is 7.06. The summed E-state index contributed by atoms with van der Waals surface area (Å²) in [5.41, 5.74) is 5.96. The lowest BCUT2D eigenvalue weighted by atomic mass is 9.76. The second kappa shape index (κ2) is 8.04. The fraction of sp³-hybridized carbons (Fsp3) is 0.941. The summed E-state index contributed by atoms with van der Waals surface area (Å²) in [7, 11) is 0. The van der Waals surface area contributed by atoms with Gasteiger partial charge in [-0.05, 0) is 43.1 Å². The first-order chi connectivity index (χ1) is 8.93. The fourth-order valence-corrected chi connectivity index (χ4v) is 3.34. The number of carbonyl (C=O) groups is 1. The summed E-state index contributed by atoms with van der Waals surface area (Å²) < 4.78 is 0. The molecule has 2 N–H and O–H groups in total. The zero-order valence-electron chi connectivity index (χ0n) is 13.2. The first kappa shape index (κ1) is 16.7. The molecule has 2 heteroatoms. The molecule has 1 atom stereocenters. The van der Waals surface area contributed by atoms with Gasteiger partial charge in [-0.25, -0.2) is 0 Å². The van der Waals surface area contributed by atoms with Gasteiger partial charge in [0.2, 0.25) is 0 Å². The van der Waals surface area contributed by atoms with Gasteiger partial charge >= 0.3 is 0 Å². The molecule has 0 spiro atoms. The Morgan fingerprint density at radius 2 is 1.79 bits per heavy atom. The zero-order chi connectivity index (χ0) is 14.3. The Bertz CT molecular complexity index is 261. The Hall–Kier alpha value is -0.370. The Morgan fingerprint density at radius 3 is 2.32 bits per heavy atom. The number of Topliss-reactive ketones (excluding diaryl/α,β-unsaturated/α-hetero) is 1. The summed E-state index contributed by atoms with van der Waals surface area (Å²) in [6.45, 7) is 7.52. The maximum Gasteiger partial charge on any atom is 0.132 e. The van der Waals surface area contributed by atoms with Crippen LogP contribution in [0.15, 0.2) is 0 Å². The smallest absolute Gasteiger partial charge is 0.132 e. The molecule has 1 aliphatic carbocycles. The monoisotopic (exact) mass is 267 g/mol. The number of carbonyl (C=O) groups excluding carboxylic acids is 1. The molecule has 1 saturated carbocycles. The van der Waals surface area contributed by atoms with Crippen molar-refractivity contribution in [1.29, 1.82) is 0 Å². The molecule has 0 aromatic heterocycles.